The Balaban J connectivity index is 2.24. The van der Waals surface area contributed by atoms with Crippen LogP contribution in [0.25, 0.3) is 0 Å². The fourth-order valence-corrected chi connectivity index (χ4v) is 2.47. The molecule has 1 rings (SSSR count). The molecule has 0 bridgehead atoms. The van der Waals surface area contributed by atoms with Crippen LogP contribution in [0.1, 0.15) is 19.3 Å². The van der Waals surface area contributed by atoms with E-state index in [1.54, 1.807) is 0 Å². The number of nitrogens with zero attached hydrogens (tertiary/aromatic N) is 1. The fourth-order valence-electron chi connectivity index (χ4n) is 1.99. The number of aliphatic hydroxyl groups excluding tert-OH is 1. The number of rotatable bonds is 4. The molecule has 1 N–H and O–H groups in total. The molecule has 1 saturated heterocycles. The van der Waals surface area contributed by atoms with E-state index in [0.717, 1.165) is 18.7 Å². The zero-order valence-corrected chi connectivity index (χ0v) is 9.52. The minimum absolute atomic E-state index is 0.0739. The summed E-state index contributed by atoms with van der Waals surface area (Å²) in [4.78, 5) is 2.33. The molecule has 1 fully saturated rings. The van der Waals surface area contributed by atoms with Crippen molar-refractivity contribution in [3.05, 3.63) is 0 Å². The molecule has 0 saturated carbocycles. The van der Waals surface area contributed by atoms with E-state index in [1.165, 1.54) is 19.4 Å². The van der Waals surface area contributed by atoms with Gasteiger partial charge in [-0.1, -0.05) is 0 Å². The number of thioether (sulfide) groups is 1. The summed E-state index contributed by atoms with van der Waals surface area (Å²) in [6, 6.07) is 0. The molecule has 0 amide bonds. The molecule has 0 spiro atoms. The lowest BCUT2D eigenvalue weighted by Crippen LogP contribution is -2.38. The van der Waals surface area contributed by atoms with Crippen LogP contribution >= 0.6 is 11.8 Å². The second-order valence-electron chi connectivity index (χ2n) is 4.01. The Kier molecular flexibility index (Phi) is 5.14. The first-order valence-corrected chi connectivity index (χ1v) is 6.49. The summed E-state index contributed by atoms with van der Waals surface area (Å²) in [6.07, 6.45) is 5.44. The molecule has 1 aliphatic heterocycles. The van der Waals surface area contributed by atoms with E-state index in [-0.39, 0.29) is 6.10 Å². The van der Waals surface area contributed by atoms with E-state index in [0.29, 0.717) is 5.92 Å². The summed E-state index contributed by atoms with van der Waals surface area (Å²) in [7, 11) is 2.15. The number of piperidine rings is 1. The van der Waals surface area contributed by atoms with Crippen molar-refractivity contribution in [1.29, 1.82) is 0 Å². The Morgan fingerprint density at radius 1 is 1.62 bits per heavy atom. The first-order chi connectivity index (χ1) is 6.24. The lowest BCUT2D eigenvalue weighted by Gasteiger charge is -2.32. The van der Waals surface area contributed by atoms with Gasteiger partial charge in [0.2, 0.25) is 0 Å². The summed E-state index contributed by atoms with van der Waals surface area (Å²) in [6.45, 7) is 2.28. The second-order valence-corrected chi connectivity index (χ2v) is 5.00. The van der Waals surface area contributed by atoms with Crippen LogP contribution in [0.2, 0.25) is 0 Å². The van der Waals surface area contributed by atoms with E-state index in [9.17, 15) is 5.11 Å². The van der Waals surface area contributed by atoms with Gasteiger partial charge in [-0.05, 0) is 50.8 Å². The van der Waals surface area contributed by atoms with Crippen LogP contribution in [0, 0.1) is 5.92 Å². The molecule has 0 radical (unpaired) electrons. The quantitative estimate of drug-likeness (QED) is 0.748. The highest BCUT2D eigenvalue weighted by Crippen LogP contribution is 2.21. The van der Waals surface area contributed by atoms with Crippen molar-refractivity contribution in [2.24, 2.45) is 5.92 Å². The summed E-state index contributed by atoms with van der Waals surface area (Å²) in [5, 5.41) is 9.88. The van der Waals surface area contributed by atoms with Gasteiger partial charge in [0.05, 0.1) is 6.10 Å². The first kappa shape index (κ1) is 11.3. The normalized spacial score (nSPS) is 27.5. The van der Waals surface area contributed by atoms with Crippen molar-refractivity contribution < 1.29 is 5.11 Å². The summed E-state index contributed by atoms with van der Waals surface area (Å²) in [5.74, 6) is 1.60. The molecule has 78 valence electrons. The summed E-state index contributed by atoms with van der Waals surface area (Å²) in [5.41, 5.74) is 0. The van der Waals surface area contributed by atoms with Crippen molar-refractivity contribution in [3.8, 4) is 0 Å². The topological polar surface area (TPSA) is 23.5 Å². The summed E-state index contributed by atoms with van der Waals surface area (Å²) < 4.78 is 0. The Morgan fingerprint density at radius 3 is 3.00 bits per heavy atom. The van der Waals surface area contributed by atoms with E-state index in [2.05, 4.69) is 18.2 Å². The van der Waals surface area contributed by atoms with Crippen LogP contribution in [0.4, 0.5) is 0 Å². The van der Waals surface area contributed by atoms with Gasteiger partial charge in [0.25, 0.3) is 0 Å². The molecular formula is C10H21NOS. The van der Waals surface area contributed by atoms with Gasteiger partial charge in [-0.25, -0.2) is 0 Å². The maximum Gasteiger partial charge on any atom is 0.0588 e. The Labute approximate surface area is 85.7 Å². The van der Waals surface area contributed by atoms with E-state index in [4.69, 9.17) is 0 Å². The van der Waals surface area contributed by atoms with Gasteiger partial charge in [-0.15, -0.1) is 0 Å². The molecule has 0 aromatic carbocycles. The third kappa shape index (κ3) is 3.88. The molecule has 2 atom stereocenters. The molecule has 13 heavy (non-hydrogen) atoms. The number of likely N-dealkylation sites (tertiary alicyclic amines) is 1. The minimum atomic E-state index is -0.0739. The molecule has 0 aromatic rings. The molecule has 0 aromatic heterocycles. The van der Waals surface area contributed by atoms with Crippen molar-refractivity contribution in [2.75, 3.05) is 32.1 Å². The van der Waals surface area contributed by atoms with E-state index in [1.807, 2.05) is 11.8 Å². The number of aliphatic hydroxyl groups is 1. The largest absolute Gasteiger partial charge is 0.393 e. The van der Waals surface area contributed by atoms with Gasteiger partial charge < -0.3 is 10.0 Å². The van der Waals surface area contributed by atoms with Crippen molar-refractivity contribution in [2.45, 2.75) is 25.4 Å². The highest BCUT2D eigenvalue weighted by molar-refractivity contribution is 7.98. The lowest BCUT2D eigenvalue weighted by atomic mass is 9.91. The van der Waals surface area contributed by atoms with Gasteiger partial charge in [0.1, 0.15) is 0 Å². The fraction of sp³-hybridized carbons (Fsp3) is 1.00. The predicted molar refractivity (Wildman–Crippen MR) is 59.2 cm³/mol. The van der Waals surface area contributed by atoms with Gasteiger partial charge in [-0.2, -0.15) is 11.8 Å². The zero-order chi connectivity index (χ0) is 9.68. The van der Waals surface area contributed by atoms with Crippen molar-refractivity contribution in [1.82, 2.24) is 4.90 Å². The SMILES string of the molecule is CSCCC(O)C1CCCN(C)C1. The molecule has 1 heterocycles. The van der Waals surface area contributed by atoms with E-state index >= 15 is 0 Å². The third-order valence-corrected chi connectivity index (χ3v) is 3.47. The molecule has 2 unspecified atom stereocenters. The molecule has 0 aliphatic carbocycles. The van der Waals surface area contributed by atoms with Crippen molar-refractivity contribution >= 4 is 11.8 Å². The average molecular weight is 203 g/mol. The first-order valence-electron chi connectivity index (χ1n) is 5.09. The zero-order valence-electron chi connectivity index (χ0n) is 8.70. The lowest BCUT2D eigenvalue weighted by molar-refractivity contribution is 0.0580. The summed E-state index contributed by atoms with van der Waals surface area (Å²) >= 11 is 1.82. The molecule has 2 nitrogen and oxygen atoms in total. The maximum atomic E-state index is 9.88. The van der Waals surface area contributed by atoms with E-state index < -0.39 is 0 Å². The average Bonchev–Trinajstić information content (AvgIpc) is 2.14. The Hall–Kier alpha value is 0.270. The van der Waals surface area contributed by atoms with Crippen LogP contribution in [-0.4, -0.2) is 48.3 Å². The molecular weight excluding hydrogens is 182 g/mol. The molecule has 3 heteroatoms. The minimum Gasteiger partial charge on any atom is -0.393 e. The van der Waals surface area contributed by atoms with Gasteiger partial charge >= 0.3 is 0 Å². The van der Waals surface area contributed by atoms with Crippen LogP contribution in [0.5, 0.6) is 0 Å². The van der Waals surface area contributed by atoms with Gasteiger partial charge in [0.15, 0.2) is 0 Å². The van der Waals surface area contributed by atoms with Gasteiger partial charge in [-0.3, -0.25) is 0 Å². The Morgan fingerprint density at radius 2 is 2.38 bits per heavy atom. The highest BCUT2D eigenvalue weighted by Gasteiger charge is 2.23. The predicted octanol–water partition coefficient (Wildman–Crippen LogP) is 1.44. The highest BCUT2D eigenvalue weighted by atomic mass is 32.2. The second kappa shape index (κ2) is 5.89. The van der Waals surface area contributed by atoms with Crippen LogP contribution < -0.4 is 0 Å². The smallest absolute Gasteiger partial charge is 0.0588 e. The Bertz CT molecular complexity index is 143. The van der Waals surface area contributed by atoms with Gasteiger partial charge in [0, 0.05) is 6.54 Å². The van der Waals surface area contributed by atoms with Crippen molar-refractivity contribution in [3.63, 3.8) is 0 Å². The van der Waals surface area contributed by atoms with Crippen LogP contribution in [0.15, 0.2) is 0 Å². The standard InChI is InChI=1S/C10H21NOS/c1-11-6-3-4-9(8-11)10(12)5-7-13-2/h9-10,12H,3-8H2,1-2H3. The van der Waals surface area contributed by atoms with Crippen LogP contribution in [-0.2, 0) is 0 Å². The molecule has 1 aliphatic rings. The number of hydrogen-bond donors (Lipinski definition) is 1. The maximum absolute atomic E-state index is 9.88. The number of hydrogen-bond acceptors (Lipinski definition) is 3. The van der Waals surface area contributed by atoms with Crippen LogP contribution in [0.3, 0.4) is 0 Å². The third-order valence-electron chi connectivity index (χ3n) is 2.82. The monoisotopic (exact) mass is 203 g/mol.